The Morgan fingerprint density at radius 1 is 1.41 bits per heavy atom. The standard InChI is InChI=1S/C16H19N3O2S/c1-11(2)14-15(22-10-18-14)16(20)19-8-6-12(9-19)21-13-5-3-4-7-17-13/h3-5,7,10-12H,6,8-9H2,1-2H3. The summed E-state index contributed by atoms with van der Waals surface area (Å²) in [6.45, 7) is 5.43. The molecule has 2 aromatic heterocycles. The largest absolute Gasteiger partial charge is 0.472 e. The number of hydrogen-bond donors (Lipinski definition) is 0. The van der Waals surface area contributed by atoms with Gasteiger partial charge in [-0.2, -0.15) is 0 Å². The average Bonchev–Trinajstić information content (AvgIpc) is 3.16. The van der Waals surface area contributed by atoms with Gasteiger partial charge < -0.3 is 9.64 Å². The molecule has 0 spiro atoms. The monoisotopic (exact) mass is 317 g/mol. The maximum Gasteiger partial charge on any atom is 0.265 e. The van der Waals surface area contributed by atoms with Crippen molar-refractivity contribution in [1.29, 1.82) is 0 Å². The highest BCUT2D eigenvalue weighted by Gasteiger charge is 2.30. The summed E-state index contributed by atoms with van der Waals surface area (Å²) in [7, 11) is 0. The van der Waals surface area contributed by atoms with Gasteiger partial charge in [-0.3, -0.25) is 4.79 Å². The molecule has 3 heterocycles. The molecule has 0 bridgehead atoms. The smallest absolute Gasteiger partial charge is 0.265 e. The summed E-state index contributed by atoms with van der Waals surface area (Å²) < 4.78 is 5.83. The van der Waals surface area contributed by atoms with Crippen molar-refractivity contribution in [1.82, 2.24) is 14.9 Å². The molecule has 116 valence electrons. The lowest BCUT2D eigenvalue weighted by molar-refractivity contribution is 0.0774. The lowest BCUT2D eigenvalue weighted by atomic mass is 10.1. The van der Waals surface area contributed by atoms with Crippen LogP contribution in [0.3, 0.4) is 0 Å². The maximum atomic E-state index is 12.7. The Morgan fingerprint density at radius 3 is 3.00 bits per heavy atom. The molecular weight excluding hydrogens is 298 g/mol. The highest BCUT2D eigenvalue weighted by molar-refractivity contribution is 7.11. The number of aromatic nitrogens is 2. The van der Waals surface area contributed by atoms with Gasteiger partial charge in [-0.1, -0.05) is 19.9 Å². The van der Waals surface area contributed by atoms with Gasteiger partial charge in [-0.25, -0.2) is 9.97 Å². The average molecular weight is 317 g/mol. The van der Waals surface area contributed by atoms with Crippen LogP contribution in [0.25, 0.3) is 0 Å². The molecule has 0 radical (unpaired) electrons. The van der Waals surface area contributed by atoms with Crippen LogP contribution in [0.15, 0.2) is 29.9 Å². The van der Waals surface area contributed by atoms with E-state index in [1.165, 1.54) is 11.3 Å². The van der Waals surface area contributed by atoms with Crippen LogP contribution in [0, 0.1) is 0 Å². The number of thiazole rings is 1. The van der Waals surface area contributed by atoms with Crippen molar-refractivity contribution in [3.63, 3.8) is 0 Å². The number of pyridine rings is 1. The molecular formula is C16H19N3O2S. The Bertz CT molecular complexity index is 642. The van der Waals surface area contributed by atoms with E-state index < -0.39 is 0 Å². The fourth-order valence-corrected chi connectivity index (χ4v) is 3.48. The minimum atomic E-state index is 0.00858. The first kappa shape index (κ1) is 15.0. The number of rotatable bonds is 4. The van der Waals surface area contributed by atoms with Crippen LogP contribution in [-0.4, -0.2) is 40.0 Å². The van der Waals surface area contributed by atoms with Gasteiger partial charge in [0.15, 0.2) is 0 Å². The third kappa shape index (κ3) is 3.11. The first-order valence-electron chi connectivity index (χ1n) is 7.45. The van der Waals surface area contributed by atoms with Gasteiger partial charge in [0.1, 0.15) is 11.0 Å². The van der Waals surface area contributed by atoms with Gasteiger partial charge in [-0.05, 0) is 12.0 Å². The molecule has 1 amide bonds. The summed E-state index contributed by atoms with van der Waals surface area (Å²) in [5.74, 6) is 0.939. The second-order valence-corrected chi connectivity index (χ2v) is 6.52. The molecule has 1 fully saturated rings. The Hall–Kier alpha value is -1.95. The van der Waals surface area contributed by atoms with Crippen LogP contribution in [-0.2, 0) is 0 Å². The summed E-state index contributed by atoms with van der Waals surface area (Å²) in [6.07, 6.45) is 2.55. The second kappa shape index (κ2) is 6.44. The molecule has 1 aliphatic rings. The number of ether oxygens (including phenoxy) is 1. The summed E-state index contributed by atoms with van der Waals surface area (Å²) in [5, 5.41) is 0. The third-order valence-corrected chi connectivity index (χ3v) is 4.52. The molecule has 0 saturated carbocycles. The zero-order chi connectivity index (χ0) is 15.5. The maximum absolute atomic E-state index is 12.7. The summed E-state index contributed by atoms with van der Waals surface area (Å²) in [5.41, 5.74) is 2.64. The van der Waals surface area contributed by atoms with Crippen LogP contribution >= 0.6 is 11.3 Å². The van der Waals surface area contributed by atoms with Crippen LogP contribution in [0.4, 0.5) is 0 Å². The van der Waals surface area contributed by atoms with E-state index in [2.05, 4.69) is 23.8 Å². The van der Waals surface area contributed by atoms with Gasteiger partial charge in [0.2, 0.25) is 5.88 Å². The summed E-state index contributed by atoms with van der Waals surface area (Å²) >= 11 is 1.42. The van der Waals surface area contributed by atoms with Gasteiger partial charge in [0.05, 0.1) is 17.7 Å². The van der Waals surface area contributed by atoms with E-state index in [9.17, 15) is 4.79 Å². The third-order valence-electron chi connectivity index (χ3n) is 3.69. The quantitative estimate of drug-likeness (QED) is 0.870. The molecule has 1 unspecified atom stereocenters. The van der Waals surface area contributed by atoms with E-state index in [-0.39, 0.29) is 17.9 Å². The number of hydrogen-bond acceptors (Lipinski definition) is 5. The molecule has 1 atom stereocenters. The van der Waals surface area contributed by atoms with Crippen LogP contribution in [0.2, 0.25) is 0 Å². The number of nitrogens with zero attached hydrogens (tertiary/aromatic N) is 3. The fourth-order valence-electron chi connectivity index (χ4n) is 2.57. The van der Waals surface area contributed by atoms with Crippen molar-refractivity contribution in [3.05, 3.63) is 40.5 Å². The van der Waals surface area contributed by atoms with Crippen molar-refractivity contribution < 1.29 is 9.53 Å². The van der Waals surface area contributed by atoms with Crippen molar-refractivity contribution in [2.45, 2.75) is 32.3 Å². The lowest BCUT2D eigenvalue weighted by Gasteiger charge is -2.17. The minimum Gasteiger partial charge on any atom is -0.472 e. The number of carbonyl (C=O) groups excluding carboxylic acids is 1. The van der Waals surface area contributed by atoms with Crippen molar-refractivity contribution >= 4 is 17.2 Å². The summed E-state index contributed by atoms with van der Waals surface area (Å²) in [6, 6.07) is 5.59. The van der Waals surface area contributed by atoms with Crippen molar-refractivity contribution in [2.75, 3.05) is 13.1 Å². The molecule has 0 aliphatic carbocycles. The minimum absolute atomic E-state index is 0.00858. The molecule has 3 rings (SSSR count). The molecule has 0 N–H and O–H groups in total. The topological polar surface area (TPSA) is 55.3 Å². The first-order valence-corrected chi connectivity index (χ1v) is 8.33. The molecule has 22 heavy (non-hydrogen) atoms. The highest BCUT2D eigenvalue weighted by Crippen LogP contribution is 2.25. The molecule has 5 nitrogen and oxygen atoms in total. The normalized spacial score (nSPS) is 18.0. The Balaban J connectivity index is 1.65. The predicted molar refractivity (Wildman–Crippen MR) is 85.4 cm³/mol. The predicted octanol–water partition coefficient (Wildman–Crippen LogP) is 2.96. The Labute approximate surface area is 134 Å². The van der Waals surface area contributed by atoms with Crippen LogP contribution < -0.4 is 4.74 Å². The fraction of sp³-hybridized carbons (Fsp3) is 0.438. The molecule has 0 aromatic carbocycles. The lowest BCUT2D eigenvalue weighted by Crippen LogP contribution is -2.31. The van der Waals surface area contributed by atoms with E-state index >= 15 is 0 Å². The highest BCUT2D eigenvalue weighted by atomic mass is 32.1. The number of amides is 1. The van der Waals surface area contributed by atoms with Gasteiger partial charge in [0, 0.05) is 25.2 Å². The first-order chi connectivity index (χ1) is 10.6. The Kier molecular flexibility index (Phi) is 4.38. The van der Waals surface area contributed by atoms with Gasteiger partial charge in [-0.15, -0.1) is 11.3 Å². The SMILES string of the molecule is CC(C)c1ncsc1C(=O)N1CCC(Oc2ccccn2)C1. The van der Waals surface area contributed by atoms with Gasteiger partial charge in [0.25, 0.3) is 5.91 Å². The molecule has 1 aliphatic heterocycles. The zero-order valence-corrected chi connectivity index (χ0v) is 13.5. The van der Waals surface area contributed by atoms with Crippen LogP contribution in [0.1, 0.15) is 41.6 Å². The van der Waals surface area contributed by atoms with Crippen molar-refractivity contribution in [2.24, 2.45) is 0 Å². The zero-order valence-electron chi connectivity index (χ0n) is 12.7. The van der Waals surface area contributed by atoms with Crippen LogP contribution in [0.5, 0.6) is 5.88 Å². The van der Waals surface area contributed by atoms with E-state index in [4.69, 9.17) is 4.74 Å². The second-order valence-electron chi connectivity index (χ2n) is 5.67. The van der Waals surface area contributed by atoms with E-state index in [0.717, 1.165) is 17.0 Å². The number of likely N-dealkylation sites (tertiary alicyclic amines) is 1. The van der Waals surface area contributed by atoms with E-state index in [1.54, 1.807) is 11.7 Å². The Morgan fingerprint density at radius 2 is 2.27 bits per heavy atom. The summed E-state index contributed by atoms with van der Waals surface area (Å²) in [4.78, 5) is 23.8. The number of carbonyl (C=O) groups is 1. The molecule has 1 saturated heterocycles. The van der Waals surface area contributed by atoms with E-state index in [0.29, 0.717) is 19.0 Å². The van der Waals surface area contributed by atoms with E-state index in [1.807, 2.05) is 23.1 Å². The van der Waals surface area contributed by atoms with Gasteiger partial charge >= 0.3 is 0 Å². The molecule has 6 heteroatoms. The van der Waals surface area contributed by atoms with Crippen molar-refractivity contribution in [3.8, 4) is 5.88 Å². The molecule has 2 aromatic rings.